The third-order valence-corrected chi connectivity index (χ3v) is 4.94. The Morgan fingerprint density at radius 1 is 0.900 bits per heavy atom. The summed E-state index contributed by atoms with van der Waals surface area (Å²) < 4.78 is 90.0. The summed E-state index contributed by atoms with van der Waals surface area (Å²) >= 11 is 0. The number of aromatic nitrogens is 6. The van der Waals surface area contributed by atoms with E-state index in [0.29, 0.717) is 17.1 Å². The number of carbonyl (C=O) groups excluding carboxylic acids is 1. The molecule has 0 saturated carbocycles. The molecular weight excluding hydrogens is 554 g/mol. The van der Waals surface area contributed by atoms with Crippen LogP contribution in [0, 0.1) is 5.41 Å². The zero-order chi connectivity index (χ0) is 29.5. The van der Waals surface area contributed by atoms with E-state index in [2.05, 4.69) is 29.6 Å². The molecule has 0 atom stereocenters. The average Bonchev–Trinajstić information content (AvgIpc) is 3.66. The molecule has 0 radical (unpaired) electrons. The third-order valence-electron chi connectivity index (χ3n) is 4.94. The maximum atomic E-state index is 12.3. The fourth-order valence-corrected chi connectivity index (χ4v) is 3.18. The fraction of sp³-hybridized carbons (Fsp3) is 0.364. The molecule has 12 nitrogen and oxygen atoms in total. The Morgan fingerprint density at radius 3 is 1.73 bits per heavy atom. The van der Waals surface area contributed by atoms with E-state index < -0.39 is 37.7 Å². The van der Waals surface area contributed by atoms with Gasteiger partial charge in [0, 0.05) is 18.2 Å². The molecule has 216 valence electrons. The van der Waals surface area contributed by atoms with Gasteiger partial charge in [0.15, 0.2) is 5.69 Å². The molecule has 0 aromatic carbocycles. The highest BCUT2D eigenvalue weighted by Gasteiger charge is 2.29. The second-order valence-electron chi connectivity index (χ2n) is 7.91. The molecule has 4 rings (SSSR count). The van der Waals surface area contributed by atoms with Gasteiger partial charge in [0.25, 0.3) is 0 Å². The van der Waals surface area contributed by atoms with Gasteiger partial charge in [0.1, 0.15) is 35.4 Å². The molecule has 0 aliphatic rings. The third kappa shape index (κ3) is 8.43. The Balaban J connectivity index is 0.000000222. The maximum Gasteiger partial charge on any atom is 0.390 e. The van der Waals surface area contributed by atoms with Crippen LogP contribution in [0.2, 0.25) is 0 Å². The highest BCUT2D eigenvalue weighted by atomic mass is 19.4. The Bertz CT molecular complexity index is 1390. The highest BCUT2D eigenvalue weighted by molar-refractivity contribution is 5.94. The minimum atomic E-state index is -4.32. The number of halogens is 6. The predicted octanol–water partition coefficient (Wildman–Crippen LogP) is 4.44. The number of aryl methyl sites for hydroxylation is 2. The van der Waals surface area contributed by atoms with Crippen LogP contribution in [0.25, 0.3) is 22.8 Å². The Labute approximate surface area is 221 Å². The lowest BCUT2D eigenvalue weighted by molar-refractivity contribution is -0.138. The summed E-state index contributed by atoms with van der Waals surface area (Å²) in [6, 6.07) is 5.68. The molecule has 0 spiro atoms. The van der Waals surface area contributed by atoms with Crippen molar-refractivity contribution >= 4 is 11.8 Å². The van der Waals surface area contributed by atoms with E-state index in [1.165, 1.54) is 36.8 Å². The number of nitrogens with one attached hydrogen (secondary N) is 1. The number of nitrogen functional groups attached to an aromatic ring is 1. The van der Waals surface area contributed by atoms with Gasteiger partial charge >= 0.3 is 18.3 Å². The molecule has 0 bridgehead atoms. The smallest absolute Gasteiger partial charge is 0.390 e. The van der Waals surface area contributed by atoms with Gasteiger partial charge in [0.2, 0.25) is 0 Å². The van der Waals surface area contributed by atoms with Crippen LogP contribution in [-0.2, 0) is 17.8 Å². The van der Waals surface area contributed by atoms with Gasteiger partial charge in [-0.1, -0.05) is 10.3 Å². The molecule has 0 aliphatic heterocycles. The van der Waals surface area contributed by atoms with Crippen molar-refractivity contribution in [1.82, 2.24) is 29.9 Å². The van der Waals surface area contributed by atoms with E-state index in [4.69, 9.17) is 15.9 Å². The number of nitrogens with zero attached hydrogens (tertiary/aromatic N) is 6. The van der Waals surface area contributed by atoms with E-state index in [1.807, 2.05) is 0 Å². The van der Waals surface area contributed by atoms with E-state index in [-0.39, 0.29) is 36.1 Å². The number of carbonyl (C=O) groups is 1. The molecule has 0 saturated heterocycles. The van der Waals surface area contributed by atoms with Crippen molar-refractivity contribution in [2.45, 2.75) is 45.2 Å². The Morgan fingerprint density at radius 2 is 1.35 bits per heavy atom. The van der Waals surface area contributed by atoms with Gasteiger partial charge in [0.05, 0.1) is 43.9 Å². The van der Waals surface area contributed by atoms with Crippen molar-refractivity contribution in [2.24, 2.45) is 5.73 Å². The highest BCUT2D eigenvalue weighted by Crippen LogP contribution is 2.25. The van der Waals surface area contributed by atoms with Crippen LogP contribution in [0.4, 0.5) is 26.3 Å². The first-order valence-electron chi connectivity index (χ1n) is 11.4. The van der Waals surface area contributed by atoms with Gasteiger partial charge in [-0.05, 0) is 13.0 Å². The molecule has 4 aromatic rings. The number of ether oxygens (including phenoxy) is 1. The van der Waals surface area contributed by atoms with Crippen molar-refractivity contribution in [3.63, 3.8) is 0 Å². The van der Waals surface area contributed by atoms with Crippen LogP contribution in [0.1, 0.15) is 35.9 Å². The van der Waals surface area contributed by atoms with E-state index in [0.717, 1.165) is 9.36 Å². The minimum Gasteiger partial charge on any atom is -0.461 e. The molecule has 4 aromatic heterocycles. The summed E-state index contributed by atoms with van der Waals surface area (Å²) in [5.41, 5.74) is 6.51. The van der Waals surface area contributed by atoms with Crippen LogP contribution in [0.15, 0.2) is 45.8 Å². The number of esters is 1. The van der Waals surface area contributed by atoms with Gasteiger partial charge in [-0.3, -0.25) is 14.8 Å². The largest absolute Gasteiger partial charge is 0.461 e. The van der Waals surface area contributed by atoms with Crippen molar-refractivity contribution in [3.05, 3.63) is 48.2 Å². The molecule has 4 heterocycles. The Kier molecular flexibility index (Phi) is 9.33. The zero-order valence-corrected chi connectivity index (χ0v) is 20.7. The molecule has 3 N–H and O–H groups in total. The first-order valence-corrected chi connectivity index (χ1v) is 11.4. The summed E-state index contributed by atoms with van der Waals surface area (Å²) in [4.78, 5) is 11.6. The number of rotatable bonds is 9. The molecule has 18 heteroatoms. The lowest BCUT2D eigenvalue weighted by atomic mass is 10.2. The van der Waals surface area contributed by atoms with E-state index in [9.17, 15) is 31.1 Å². The van der Waals surface area contributed by atoms with Crippen molar-refractivity contribution in [3.8, 4) is 22.8 Å². The number of hydrogen-bond acceptors (Lipinski definition) is 9. The normalized spacial score (nSPS) is 11.7. The topological polar surface area (TPSA) is 164 Å². The van der Waals surface area contributed by atoms with E-state index >= 15 is 0 Å². The van der Waals surface area contributed by atoms with Gasteiger partial charge < -0.3 is 19.5 Å². The molecule has 0 fully saturated rings. The average molecular weight is 576 g/mol. The molecule has 0 unspecified atom stereocenters. The first kappa shape index (κ1) is 29.9. The SMILES string of the molecule is CCOC(=O)c1cc(-c2ccon2)n(CCC(F)(F)F)n1.N=C(N)c1cc(-c2ccon2)n(CCC(F)(F)F)n1. The van der Waals surface area contributed by atoms with E-state index in [1.54, 1.807) is 6.92 Å². The van der Waals surface area contributed by atoms with Gasteiger partial charge in [-0.15, -0.1) is 0 Å². The lowest BCUT2D eigenvalue weighted by Crippen LogP contribution is -2.15. The maximum absolute atomic E-state index is 12.3. The monoisotopic (exact) mass is 576 g/mol. The van der Waals surface area contributed by atoms with Crippen LogP contribution >= 0.6 is 0 Å². The summed E-state index contributed by atoms with van der Waals surface area (Å²) in [7, 11) is 0. The Hall–Kier alpha value is -4.64. The van der Waals surface area contributed by atoms with Crippen LogP contribution in [0.5, 0.6) is 0 Å². The summed E-state index contributed by atoms with van der Waals surface area (Å²) in [5, 5.41) is 22.2. The van der Waals surface area contributed by atoms with Gasteiger partial charge in [-0.25, -0.2) is 4.79 Å². The summed E-state index contributed by atoms with van der Waals surface area (Å²) in [6.07, 6.45) is -8.14. The van der Waals surface area contributed by atoms with Crippen LogP contribution < -0.4 is 5.73 Å². The second-order valence-corrected chi connectivity index (χ2v) is 7.91. The second kappa shape index (κ2) is 12.5. The standard InChI is InChI=1S/C12H12F3N3O3.C10H10F3N5O/c1-2-20-11(19)9-7-10(8-3-6-21-17-8)18(16-9)5-4-12(13,14)15;11-10(12,13)2-3-18-8(6-1-4-19-17-6)5-7(16-18)9(14)15/h3,6-7H,2,4-5H2,1H3;1,4-5H,2-3H2,(H3,14,15). The fourth-order valence-electron chi connectivity index (χ4n) is 3.18. The minimum absolute atomic E-state index is 0.0722. The first-order chi connectivity index (χ1) is 18.8. The molecule has 0 aliphatic carbocycles. The summed E-state index contributed by atoms with van der Waals surface area (Å²) in [6.45, 7) is 0.967. The summed E-state index contributed by atoms with van der Waals surface area (Å²) in [5.74, 6) is -1.02. The number of amidine groups is 1. The van der Waals surface area contributed by atoms with Crippen molar-refractivity contribution in [1.29, 1.82) is 5.41 Å². The quantitative estimate of drug-likeness (QED) is 0.127. The lowest BCUT2D eigenvalue weighted by Gasteiger charge is -2.08. The number of nitrogens with two attached hydrogens (primary N) is 1. The predicted molar refractivity (Wildman–Crippen MR) is 124 cm³/mol. The van der Waals surface area contributed by atoms with Crippen molar-refractivity contribution in [2.75, 3.05) is 6.61 Å². The molecule has 40 heavy (non-hydrogen) atoms. The van der Waals surface area contributed by atoms with Gasteiger partial charge in [-0.2, -0.15) is 36.5 Å². The van der Waals surface area contributed by atoms with Crippen LogP contribution in [-0.4, -0.2) is 60.6 Å². The number of hydrogen-bond donors (Lipinski definition) is 2. The molecule has 0 amide bonds. The molecular formula is C22H22F6N8O4. The zero-order valence-electron chi connectivity index (χ0n) is 20.7. The van der Waals surface area contributed by atoms with Crippen LogP contribution in [0.3, 0.4) is 0 Å². The van der Waals surface area contributed by atoms with Crippen molar-refractivity contribution < 1.29 is 44.9 Å². The number of alkyl halides is 6.